The lowest BCUT2D eigenvalue weighted by atomic mass is 10.1. The van der Waals surface area contributed by atoms with E-state index in [9.17, 15) is 17.6 Å². The van der Waals surface area contributed by atoms with E-state index in [0.29, 0.717) is 0 Å². The zero-order chi connectivity index (χ0) is 15.7. The number of carbonyl (C=O) groups is 1. The third-order valence-electron chi connectivity index (χ3n) is 2.72. The van der Waals surface area contributed by atoms with Crippen molar-refractivity contribution in [2.45, 2.75) is 31.7 Å². The molecule has 0 aliphatic rings. The molecule has 112 valence electrons. The summed E-state index contributed by atoms with van der Waals surface area (Å²) in [4.78, 5) is 10.7. The molecule has 0 saturated carbocycles. The van der Waals surface area contributed by atoms with Gasteiger partial charge in [0.25, 0.3) is 0 Å². The van der Waals surface area contributed by atoms with Crippen LogP contribution in [0.5, 0.6) is 0 Å². The molecule has 0 unspecified atom stereocenters. The summed E-state index contributed by atoms with van der Waals surface area (Å²) in [6.07, 6.45) is 0. The van der Waals surface area contributed by atoms with Gasteiger partial charge in [-0.25, -0.2) is 12.8 Å². The van der Waals surface area contributed by atoms with E-state index in [4.69, 9.17) is 16.7 Å². The molecule has 0 heterocycles. The average molecular weight is 324 g/mol. The monoisotopic (exact) mass is 323 g/mol. The third-order valence-corrected chi connectivity index (χ3v) is 4.62. The summed E-state index contributed by atoms with van der Waals surface area (Å²) in [6.45, 7) is 4.53. The standard InChI is InChI=1S/C12H15ClFNO4S/c1-6(2)11(12(16)17)15-20(18,19)10-4-7(3)9(14)5-8(10)13/h4-6,11,15H,1-3H3,(H,16,17)/t11-/m0/s1. The van der Waals surface area contributed by atoms with Gasteiger partial charge in [0.05, 0.1) is 5.02 Å². The number of halogens is 2. The van der Waals surface area contributed by atoms with Crippen LogP contribution in [0.2, 0.25) is 5.02 Å². The van der Waals surface area contributed by atoms with Gasteiger partial charge in [-0.3, -0.25) is 4.79 Å². The lowest BCUT2D eigenvalue weighted by Crippen LogP contribution is -2.44. The summed E-state index contributed by atoms with van der Waals surface area (Å²) in [6, 6.07) is 0.664. The first-order valence-corrected chi connectivity index (χ1v) is 7.63. The molecule has 0 bridgehead atoms. The van der Waals surface area contributed by atoms with Crippen LogP contribution in [0.4, 0.5) is 4.39 Å². The van der Waals surface area contributed by atoms with Gasteiger partial charge in [0.15, 0.2) is 0 Å². The fourth-order valence-corrected chi connectivity index (χ4v) is 3.48. The molecule has 0 amide bonds. The number of hydrogen-bond donors (Lipinski definition) is 2. The molecular formula is C12H15ClFNO4S. The first-order valence-electron chi connectivity index (χ1n) is 5.77. The van der Waals surface area contributed by atoms with E-state index in [1.165, 1.54) is 6.92 Å². The van der Waals surface area contributed by atoms with Gasteiger partial charge in [-0.05, 0) is 30.5 Å². The van der Waals surface area contributed by atoms with Gasteiger partial charge in [-0.1, -0.05) is 25.4 Å². The molecule has 2 N–H and O–H groups in total. The zero-order valence-electron chi connectivity index (χ0n) is 11.1. The number of rotatable bonds is 5. The van der Waals surface area contributed by atoms with E-state index in [0.717, 1.165) is 12.1 Å². The van der Waals surface area contributed by atoms with Crippen molar-refractivity contribution < 1.29 is 22.7 Å². The lowest BCUT2D eigenvalue weighted by molar-refractivity contribution is -0.140. The van der Waals surface area contributed by atoms with Crippen molar-refractivity contribution in [2.24, 2.45) is 5.92 Å². The van der Waals surface area contributed by atoms with E-state index >= 15 is 0 Å². The van der Waals surface area contributed by atoms with Crippen molar-refractivity contribution in [2.75, 3.05) is 0 Å². The summed E-state index contributed by atoms with van der Waals surface area (Å²) < 4.78 is 39.6. The second kappa shape index (κ2) is 6.07. The van der Waals surface area contributed by atoms with Crippen molar-refractivity contribution in [3.05, 3.63) is 28.5 Å². The summed E-state index contributed by atoms with van der Waals surface area (Å²) in [5.74, 6) is -2.38. The van der Waals surface area contributed by atoms with Crippen molar-refractivity contribution >= 4 is 27.6 Å². The Morgan fingerprint density at radius 2 is 1.95 bits per heavy atom. The number of aryl methyl sites for hydroxylation is 1. The molecule has 8 heteroatoms. The van der Waals surface area contributed by atoms with Gasteiger partial charge < -0.3 is 5.11 Å². The first kappa shape index (κ1) is 16.9. The summed E-state index contributed by atoms with van der Waals surface area (Å²) >= 11 is 5.72. The number of nitrogens with one attached hydrogen (secondary N) is 1. The summed E-state index contributed by atoms with van der Waals surface area (Å²) in [5.41, 5.74) is 0.103. The average Bonchev–Trinajstić information content (AvgIpc) is 2.30. The van der Waals surface area contributed by atoms with Crippen molar-refractivity contribution in [1.29, 1.82) is 0 Å². The first-order chi connectivity index (χ1) is 9.06. The highest BCUT2D eigenvalue weighted by Crippen LogP contribution is 2.25. The quantitative estimate of drug-likeness (QED) is 0.870. The van der Waals surface area contributed by atoms with Gasteiger partial charge >= 0.3 is 5.97 Å². The molecule has 0 radical (unpaired) electrons. The SMILES string of the molecule is Cc1cc(S(=O)(=O)N[C@H](C(=O)O)C(C)C)c(Cl)cc1F. The molecule has 0 aliphatic carbocycles. The number of aliphatic carboxylic acids is 1. The van der Waals surface area contributed by atoms with E-state index in [1.807, 2.05) is 0 Å². The fraction of sp³-hybridized carbons (Fsp3) is 0.417. The molecule has 0 aromatic heterocycles. The minimum Gasteiger partial charge on any atom is -0.480 e. The van der Waals surface area contributed by atoms with Crippen LogP contribution in [0.3, 0.4) is 0 Å². The van der Waals surface area contributed by atoms with Crippen LogP contribution in [-0.2, 0) is 14.8 Å². The second-order valence-electron chi connectivity index (χ2n) is 4.71. The van der Waals surface area contributed by atoms with Crippen LogP contribution in [0.1, 0.15) is 19.4 Å². The highest BCUT2D eigenvalue weighted by Gasteiger charge is 2.29. The fourth-order valence-electron chi connectivity index (χ4n) is 1.54. The number of carboxylic acid groups (broad SMARTS) is 1. The molecule has 0 saturated heterocycles. The lowest BCUT2D eigenvalue weighted by Gasteiger charge is -2.18. The maximum absolute atomic E-state index is 13.3. The Morgan fingerprint density at radius 1 is 1.40 bits per heavy atom. The highest BCUT2D eigenvalue weighted by molar-refractivity contribution is 7.89. The van der Waals surface area contributed by atoms with Crippen molar-refractivity contribution in [3.63, 3.8) is 0 Å². The Hall–Kier alpha value is -1.18. The number of carboxylic acids is 1. The Balaban J connectivity index is 3.24. The Morgan fingerprint density at radius 3 is 2.40 bits per heavy atom. The van der Waals surface area contributed by atoms with Crippen LogP contribution in [0.25, 0.3) is 0 Å². The molecule has 1 rings (SSSR count). The van der Waals surface area contributed by atoms with Crippen LogP contribution in [-0.4, -0.2) is 25.5 Å². The van der Waals surface area contributed by atoms with Crippen LogP contribution in [0, 0.1) is 18.7 Å². The largest absolute Gasteiger partial charge is 0.480 e. The molecule has 20 heavy (non-hydrogen) atoms. The smallest absolute Gasteiger partial charge is 0.322 e. The maximum Gasteiger partial charge on any atom is 0.322 e. The van der Waals surface area contributed by atoms with E-state index < -0.39 is 33.8 Å². The Kier molecular flexibility index (Phi) is 5.12. The topological polar surface area (TPSA) is 83.5 Å². The summed E-state index contributed by atoms with van der Waals surface area (Å²) in [5, 5.41) is 8.70. The molecule has 0 spiro atoms. The molecule has 1 aromatic carbocycles. The second-order valence-corrected chi connectivity index (χ2v) is 6.80. The minimum absolute atomic E-state index is 0.103. The Bertz CT molecular complexity index is 631. The van der Waals surface area contributed by atoms with Crippen molar-refractivity contribution in [3.8, 4) is 0 Å². The molecule has 0 aliphatic heterocycles. The van der Waals surface area contributed by atoms with E-state index in [2.05, 4.69) is 4.72 Å². The predicted molar refractivity (Wildman–Crippen MR) is 72.7 cm³/mol. The zero-order valence-corrected chi connectivity index (χ0v) is 12.7. The van der Waals surface area contributed by atoms with Crippen LogP contribution in [0.15, 0.2) is 17.0 Å². The number of sulfonamides is 1. The molecule has 1 aromatic rings. The van der Waals surface area contributed by atoms with Gasteiger partial charge in [0.2, 0.25) is 10.0 Å². The van der Waals surface area contributed by atoms with Gasteiger partial charge in [-0.2, -0.15) is 4.72 Å². The third kappa shape index (κ3) is 3.68. The van der Waals surface area contributed by atoms with E-state index in [1.54, 1.807) is 13.8 Å². The maximum atomic E-state index is 13.3. The molecule has 0 fully saturated rings. The normalized spacial score (nSPS) is 13.5. The number of benzene rings is 1. The summed E-state index contributed by atoms with van der Waals surface area (Å²) in [7, 11) is -4.15. The van der Waals surface area contributed by atoms with Gasteiger partial charge in [-0.15, -0.1) is 0 Å². The predicted octanol–water partition coefficient (Wildman–Crippen LogP) is 2.18. The molecular weight excluding hydrogens is 309 g/mol. The molecule has 1 atom stereocenters. The van der Waals surface area contributed by atoms with Gasteiger partial charge in [0.1, 0.15) is 16.8 Å². The Labute approximate surface area is 121 Å². The number of hydrogen-bond acceptors (Lipinski definition) is 3. The van der Waals surface area contributed by atoms with Gasteiger partial charge in [0, 0.05) is 0 Å². The van der Waals surface area contributed by atoms with Crippen LogP contribution < -0.4 is 4.72 Å². The minimum atomic E-state index is -4.15. The molecule has 5 nitrogen and oxygen atoms in total. The van der Waals surface area contributed by atoms with Crippen LogP contribution >= 0.6 is 11.6 Å². The van der Waals surface area contributed by atoms with Crippen molar-refractivity contribution in [1.82, 2.24) is 4.72 Å². The van der Waals surface area contributed by atoms with E-state index in [-0.39, 0.29) is 15.5 Å². The highest BCUT2D eigenvalue weighted by atomic mass is 35.5.